The molecule has 1 aliphatic heterocycles. The Hall–Kier alpha value is -3.68. The zero-order valence-corrected chi connectivity index (χ0v) is 26.2. The van der Waals surface area contributed by atoms with E-state index in [0.29, 0.717) is 32.8 Å². The number of carbonyl (C=O) groups is 2. The SMILES string of the molecule is O=C(Oc1c(Br)cc(Br)cc1C=NNC(=O)c1[nH]c2c(I)cccc2c1-c1ccccc1)c1ccc2c(c1)OCO2. The highest BCUT2D eigenvalue weighted by molar-refractivity contribution is 14.1. The Kier molecular flexibility index (Phi) is 7.82. The highest BCUT2D eigenvalue weighted by atomic mass is 127. The predicted octanol–water partition coefficient (Wildman–Crippen LogP) is 7.68. The van der Waals surface area contributed by atoms with Gasteiger partial charge in [0.25, 0.3) is 5.91 Å². The van der Waals surface area contributed by atoms with Crippen molar-refractivity contribution < 1.29 is 23.8 Å². The molecule has 8 nitrogen and oxygen atoms in total. The van der Waals surface area contributed by atoms with Crippen molar-refractivity contribution in [3.63, 3.8) is 0 Å². The molecule has 6 rings (SSSR count). The average Bonchev–Trinajstić information content (AvgIpc) is 3.60. The highest BCUT2D eigenvalue weighted by Gasteiger charge is 2.22. The highest BCUT2D eigenvalue weighted by Crippen LogP contribution is 2.36. The molecule has 5 aromatic rings. The summed E-state index contributed by atoms with van der Waals surface area (Å²) in [6, 6.07) is 23.9. The molecule has 0 spiro atoms. The lowest BCUT2D eigenvalue weighted by molar-refractivity contribution is 0.0732. The summed E-state index contributed by atoms with van der Waals surface area (Å²) in [5, 5.41) is 5.14. The smallest absolute Gasteiger partial charge is 0.343 e. The zero-order chi connectivity index (χ0) is 28.5. The van der Waals surface area contributed by atoms with E-state index in [2.05, 4.69) is 70.0 Å². The molecule has 11 heteroatoms. The van der Waals surface area contributed by atoms with Gasteiger partial charge in [-0.2, -0.15) is 5.10 Å². The Bertz CT molecular complexity index is 1860. The van der Waals surface area contributed by atoms with Crippen LogP contribution < -0.4 is 19.6 Å². The van der Waals surface area contributed by atoms with Gasteiger partial charge in [0, 0.05) is 24.6 Å². The fourth-order valence-corrected chi connectivity index (χ4v) is 6.40. The first kappa shape index (κ1) is 27.5. The molecule has 4 aromatic carbocycles. The van der Waals surface area contributed by atoms with Gasteiger partial charge in [-0.3, -0.25) is 4.79 Å². The van der Waals surface area contributed by atoms with Gasteiger partial charge in [0.05, 0.1) is 21.8 Å². The standard InChI is InChI=1S/C30H18Br2IN3O5/c31-19-11-18(28(21(32)13-19)41-30(38)17-9-10-23-24(12-17)40-15-39-23)14-34-36-29(37)27-25(16-5-2-1-3-6-16)20-7-4-8-22(33)26(20)35-27/h1-14,35H,15H2,(H,36,37). The molecule has 0 radical (unpaired) electrons. The normalized spacial score (nSPS) is 12.2. The van der Waals surface area contributed by atoms with Crippen LogP contribution in [0.3, 0.4) is 0 Å². The number of hydrogen-bond donors (Lipinski definition) is 2. The number of halogens is 3. The molecule has 0 saturated carbocycles. The number of nitrogens with zero attached hydrogens (tertiary/aromatic N) is 1. The number of aromatic amines is 1. The van der Waals surface area contributed by atoms with E-state index in [0.717, 1.165) is 30.1 Å². The fraction of sp³-hybridized carbons (Fsp3) is 0.0333. The number of amides is 1. The number of fused-ring (bicyclic) bond motifs is 2. The topological polar surface area (TPSA) is 102 Å². The fourth-order valence-electron chi connectivity index (χ4n) is 4.43. The van der Waals surface area contributed by atoms with Crippen LogP contribution in [0, 0.1) is 3.57 Å². The van der Waals surface area contributed by atoms with E-state index in [-0.39, 0.29) is 12.5 Å². The molecule has 204 valence electrons. The number of rotatable bonds is 6. The lowest BCUT2D eigenvalue weighted by atomic mass is 10.0. The molecule has 2 N–H and O–H groups in total. The van der Waals surface area contributed by atoms with Crippen molar-refractivity contribution in [3.05, 3.63) is 108 Å². The number of carbonyl (C=O) groups excluding carboxylic acids is 2. The molecule has 0 unspecified atom stereocenters. The summed E-state index contributed by atoms with van der Waals surface area (Å²) in [5.41, 5.74) is 6.31. The van der Waals surface area contributed by atoms with Crippen LogP contribution in [-0.4, -0.2) is 29.9 Å². The van der Waals surface area contributed by atoms with E-state index in [4.69, 9.17) is 14.2 Å². The van der Waals surface area contributed by atoms with E-state index >= 15 is 0 Å². The molecular formula is C30H18Br2IN3O5. The summed E-state index contributed by atoms with van der Waals surface area (Å²) in [5.74, 6) is 0.264. The van der Waals surface area contributed by atoms with E-state index in [1.807, 2.05) is 48.5 Å². The Balaban J connectivity index is 1.28. The van der Waals surface area contributed by atoms with Gasteiger partial charge in [0.2, 0.25) is 6.79 Å². The second-order valence-electron chi connectivity index (χ2n) is 8.87. The predicted molar refractivity (Wildman–Crippen MR) is 171 cm³/mol. The van der Waals surface area contributed by atoms with Crippen molar-refractivity contribution in [1.29, 1.82) is 0 Å². The number of H-pyrrole nitrogens is 1. The maximum Gasteiger partial charge on any atom is 0.343 e. The van der Waals surface area contributed by atoms with Crippen LogP contribution in [-0.2, 0) is 0 Å². The molecule has 1 aromatic heterocycles. The van der Waals surface area contributed by atoms with Crippen molar-refractivity contribution >= 4 is 83.4 Å². The van der Waals surface area contributed by atoms with E-state index in [1.165, 1.54) is 6.21 Å². The molecule has 2 heterocycles. The van der Waals surface area contributed by atoms with Crippen molar-refractivity contribution in [2.45, 2.75) is 0 Å². The summed E-state index contributed by atoms with van der Waals surface area (Å²) < 4.78 is 18.6. The first-order valence-corrected chi connectivity index (χ1v) is 14.9. The Morgan fingerprint density at radius 2 is 1.78 bits per heavy atom. The number of esters is 1. The summed E-state index contributed by atoms with van der Waals surface area (Å²) in [6.45, 7) is 0.100. The summed E-state index contributed by atoms with van der Waals surface area (Å²) >= 11 is 9.16. The van der Waals surface area contributed by atoms with Crippen LogP contribution in [0.2, 0.25) is 0 Å². The van der Waals surface area contributed by atoms with E-state index in [1.54, 1.807) is 30.3 Å². The Morgan fingerprint density at radius 1 is 0.976 bits per heavy atom. The largest absolute Gasteiger partial charge is 0.454 e. The molecule has 0 fully saturated rings. The third-order valence-corrected chi connectivity index (χ3v) is 8.23. The average molecular weight is 787 g/mol. The van der Waals surface area contributed by atoms with Crippen LogP contribution in [0.1, 0.15) is 26.4 Å². The number of hydrogen-bond acceptors (Lipinski definition) is 6. The van der Waals surface area contributed by atoms with Crippen molar-refractivity contribution in [2.24, 2.45) is 5.10 Å². The van der Waals surface area contributed by atoms with Gasteiger partial charge in [-0.05, 0) is 80.5 Å². The second-order valence-corrected chi connectivity index (χ2v) is 11.8. The van der Waals surface area contributed by atoms with Crippen LogP contribution in [0.5, 0.6) is 17.2 Å². The zero-order valence-electron chi connectivity index (χ0n) is 20.9. The third kappa shape index (κ3) is 5.61. The van der Waals surface area contributed by atoms with Crippen molar-refractivity contribution in [2.75, 3.05) is 6.79 Å². The molecule has 0 atom stereocenters. The maximum absolute atomic E-state index is 13.4. The van der Waals surface area contributed by atoms with Gasteiger partial charge in [0.15, 0.2) is 17.2 Å². The number of hydrazone groups is 1. The number of ether oxygens (including phenoxy) is 3. The van der Waals surface area contributed by atoms with Gasteiger partial charge in [0.1, 0.15) is 5.69 Å². The molecule has 0 aliphatic carbocycles. The van der Waals surface area contributed by atoms with Crippen LogP contribution in [0.25, 0.3) is 22.0 Å². The number of benzene rings is 4. The molecule has 1 aliphatic rings. The van der Waals surface area contributed by atoms with Crippen molar-refractivity contribution in [1.82, 2.24) is 10.4 Å². The summed E-state index contributed by atoms with van der Waals surface area (Å²) in [6.07, 6.45) is 1.42. The Labute approximate surface area is 264 Å². The van der Waals surface area contributed by atoms with E-state index in [9.17, 15) is 9.59 Å². The first-order chi connectivity index (χ1) is 19.9. The van der Waals surface area contributed by atoms with E-state index < -0.39 is 11.9 Å². The van der Waals surface area contributed by atoms with Gasteiger partial charge in [-0.15, -0.1) is 0 Å². The molecule has 0 saturated heterocycles. The molecule has 0 bridgehead atoms. The molecular weight excluding hydrogens is 769 g/mol. The second kappa shape index (κ2) is 11.7. The molecule has 1 amide bonds. The summed E-state index contributed by atoms with van der Waals surface area (Å²) in [7, 11) is 0. The van der Waals surface area contributed by atoms with Crippen LogP contribution >= 0.6 is 54.5 Å². The lowest BCUT2D eigenvalue weighted by Gasteiger charge is -2.11. The number of para-hydroxylation sites is 1. The quantitative estimate of drug-likeness (QED) is 0.0605. The van der Waals surface area contributed by atoms with Crippen LogP contribution in [0.4, 0.5) is 0 Å². The summed E-state index contributed by atoms with van der Waals surface area (Å²) in [4.78, 5) is 29.7. The Morgan fingerprint density at radius 3 is 2.61 bits per heavy atom. The van der Waals surface area contributed by atoms with Crippen LogP contribution in [0.15, 0.2) is 92.9 Å². The minimum atomic E-state index is -0.592. The lowest BCUT2D eigenvalue weighted by Crippen LogP contribution is -2.19. The van der Waals surface area contributed by atoms with Gasteiger partial charge < -0.3 is 19.2 Å². The number of aromatic nitrogens is 1. The molecule has 41 heavy (non-hydrogen) atoms. The minimum Gasteiger partial charge on any atom is -0.454 e. The third-order valence-electron chi connectivity index (χ3n) is 6.28. The van der Waals surface area contributed by atoms with Gasteiger partial charge in [-0.1, -0.05) is 58.4 Å². The van der Waals surface area contributed by atoms with Gasteiger partial charge >= 0.3 is 5.97 Å². The monoisotopic (exact) mass is 785 g/mol. The van der Waals surface area contributed by atoms with Crippen molar-refractivity contribution in [3.8, 4) is 28.4 Å². The first-order valence-electron chi connectivity index (χ1n) is 12.2. The number of nitrogens with one attached hydrogen (secondary N) is 2. The maximum atomic E-state index is 13.4. The minimum absolute atomic E-state index is 0.100. The van der Waals surface area contributed by atoms with Gasteiger partial charge in [-0.25, -0.2) is 10.2 Å².